The van der Waals surface area contributed by atoms with E-state index in [0.29, 0.717) is 0 Å². The van der Waals surface area contributed by atoms with Gasteiger partial charge in [0.05, 0.1) is 0 Å². The Hall–Kier alpha value is -1.21. The van der Waals surface area contributed by atoms with Gasteiger partial charge in [0.15, 0.2) is 0 Å². The second-order valence-corrected chi connectivity index (χ2v) is 4.72. The topological polar surface area (TPSA) is 0 Å². The fraction of sp³-hybridized carbons (Fsp3) is 0.143. The van der Waals surface area contributed by atoms with Crippen LogP contribution in [0.2, 0.25) is 0 Å². The quantitative estimate of drug-likeness (QED) is 0.711. The summed E-state index contributed by atoms with van der Waals surface area (Å²) in [7, 11) is 0. The molecule has 0 saturated carbocycles. The van der Waals surface area contributed by atoms with Gasteiger partial charge in [0.1, 0.15) is 0 Å². The predicted octanol–water partition coefficient (Wildman–Crippen LogP) is 4.45. The molecule has 0 amide bonds. The minimum atomic E-state index is 1.30. The zero-order chi connectivity index (χ0) is 10.7. The van der Waals surface area contributed by atoms with E-state index in [1.54, 1.807) is 0 Å². The van der Waals surface area contributed by atoms with Gasteiger partial charge in [-0.25, -0.2) is 0 Å². The molecule has 0 radical (unpaired) electrons. The molecule has 0 aliphatic carbocycles. The molecule has 0 aliphatic heterocycles. The van der Waals surface area contributed by atoms with Gasteiger partial charge < -0.3 is 0 Å². The first kappa shape index (κ1) is 10.3. The van der Waals surface area contributed by atoms with E-state index >= 15 is 0 Å². The maximum absolute atomic E-state index is 2.16. The summed E-state index contributed by atoms with van der Waals surface area (Å²) in [5, 5.41) is 0. The van der Waals surface area contributed by atoms with E-state index in [1.807, 2.05) is 11.8 Å². The average Bonchev–Trinajstić information content (AvgIpc) is 2.25. The van der Waals surface area contributed by atoms with Crippen LogP contribution in [0.3, 0.4) is 0 Å². The second-order valence-electron chi connectivity index (χ2n) is 3.64. The van der Waals surface area contributed by atoms with Gasteiger partial charge in [0.2, 0.25) is 0 Å². The first-order chi connectivity index (χ1) is 7.27. The predicted molar refractivity (Wildman–Crippen MR) is 66.5 cm³/mol. The molecule has 2 rings (SSSR count). The van der Waals surface area contributed by atoms with Crippen LogP contribution in [0.5, 0.6) is 0 Å². The summed E-state index contributed by atoms with van der Waals surface area (Å²) < 4.78 is 0. The highest BCUT2D eigenvalue weighted by Crippen LogP contribution is 2.32. The summed E-state index contributed by atoms with van der Waals surface area (Å²) >= 11 is 1.84. The third-order valence-corrected chi connectivity index (χ3v) is 3.73. The van der Waals surface area contributed by atoms with Crippen molar-refractivity contribution in [3.05, 3.63) is 59.7 Å². The molecule has 0 unspecified atom stereocenters. The Morgan fingerprint density at radius 1 is 0.733 bits per heavy atom. The molecule has 0 spiro atoms. The number of benzene rings is 2. The van der Waals surface area contributed by atoms with E-state index < -0.39 is 0 Å². The molecule has 0 heterocycles. The second kappa shape index (κ2) is 4.54. The van der Waals surface area contributed by atoms with Gasteiger partial charge in [-0.15, -0.1) is 0 Å². The molecular formula is C14H14S. The highest BCUT2D eigenvalue weighted by Gasteiger charge is 2.03. The molecule has 0 bridgehead atoms. The standard InChI is InChI=1S/C14H14S/c1-11-7-6-8-12(2)14(11)15-13-9-4-3-5-10-13/h3-10H,1-2H3. The normalized spacial score (nSPS) is 10.3. The van der Waals surface area contributed by atoms with Crippen molar-refractivity contribution < 1.29 is 0 Å². The number of hydrogen-bond donors (Lipinski definition) is 0. The molecule has 1 heteroatoms. The SMILES string of the molecule is Cc1cccc(C)c1Sc1ccccc1. The van der Waals surface area contributed by atoms with Crippen LogP contribution in [0.15, 0.2) is 58.3 Å². The summed E-state index contributed by atoms with van der Waals surface area (Å²) in [6.45, 7) is 4.33. The van der Waals surface area contributed by atoms with E-state index in [1.165, 1.54) is 20.9 Å². The van der Waals surface area contributed by atoms with Crippen LogP contribution in [0.1, 0.15) is 11.1 Å². The Morgan fingerprint density at radius 2 is 1.33 bits per heavy atom. The van der Waals surface area contributed by atoms with Gasteiger partial charge in [-0.1, -0.05) is 48.2 Å². The molecule has 0 aliphatic rings. The van der Waals surface area contributed by atoms with Crippen LogP contribution in [-0.4, -0.2) is 0 Å². The molecular weight excluding hydrogens is 200 g/mol. The van der Waals surface area contributed by atoms with E-state index in [0.717, 1.165) is 0 Å². The van der Waals surface area contributed by atoms with Crippen molar-refractivity contribution in [3.63, 3.8) is 0 Å². The Morgan fingerprint density at radius 3 is 1.93 bits per heavy atom. The van der Waals surface area contributed by atoms with Gasteiger partial charge in [0.25, 0.3) is 0 Å². The van der Waals surface area contributed by atoms with Crippen molar-refractivity contribution in [2.24, 2.45) is 0 Å². The zero-order valence-corrected chi connectivity index (χ0v) is 9.84. The van der Waals surface area contributed by atoms with Gasteiger partial charge >= 0.3 is 0 Å². The van der Waals surface area contributed by atoms with Gasteiger partial charge in [-0.05, 0) is 37.1 Å². The maximum atomic E-state index is 2.16. The lowest BCUT2D eigenvalue weighted by atomic mass is 10.2. The summed E-state index contributed by atoms with van der Waals surface area (Å²) in [5.74, 6) is 0. The lowest BCUT2D eigenvalue weighted by Gasteiger charge is -2.08. The minimum absolute atomic E-state index is 1.30. The Balaban J connectivity index is 2.32. The highest BCUT2D eigenvalue weighted by atomic mass is 32.2. The van der Waals surface area contributed by atoms with Crippen LogP contribution in [0.25, 0.3) is 0 Å². The largest absolute Gasteiger partial charge is 0.0895 e. The Bertz CT molecular complexity index is 426. The highest BCUT2D eigenvalue weighted by molar-refractivity contribution is 7.99. The van der Waals surface area contributed by atoms with Crippen molar-refractivity contribution in [1.29, 1.82) is 0 Å². The molecule has 0 nitrogen and oxygen atoms in total. The van der Waals surface area contributed by atoms with Crippen molar-refractivity contribution in [2.75, 3.05) is 0 Å². The number of rotatable bonds is 2. The van der Waals surface area contributed by atoms with E-state index in [-0.39, 0.29) is 0 Å². The fourth-order valence-corrected chi connectivity index (χ4v) is 2.55. The van der Waals surface area contributed by atoms with E-state index in [4.69, 9.17) is 0 Å². The first-order valence-corrected chi connectivity index (χ1v) is 5.88. The molecule has 2 aromatic rings. The molecule has 0 fully saturated rings. The molecule has 0 atom stereocenters. The van der Waals surface area contributed by atoms with E-state index in [9.17, 15) is 0 Å². The summed E-state index contributed by atoms with van der Waals surface area (Å²) in [4.78, 5) is 2.68. The van der Waals surface area contributed by atoms with Crippen LogP contribution >= 0.6 is 11.8 Å². The molecule has 2 aromatic carbocycles. The minimum Gasteiger partial charge on any atom is -0.0895 e. The summed E-state index contributed by atoms with van der Waals surface area (Å²) in [6, 6.07) is 16.9. The van der Waals surface area contributed by atoms with Crippen LogP contribution in [-0.2, 0) is 0 Å². The van der Waals surface area contributed by atoms with E-state index in [2.05, 4.69) is 62.4 Å². The van der Waals surface area contributed by atoms with Gasteiger partial charge in [-0.2, -0.15) is 0 Å². The summed E-state index contributed by atoms with van der Waals surface area (Å²) in [6.07, 6.45) is 0. The van der Waals surface area contributed by atoms with Crippen molar-refractivity contribution >= 4 is 11.8 Å². The molecule has 76 valence electrons. The van der Waals surface area contributed by atoms with Crippen LogP contribution in [0.4, 0.5) is 0 Å². The van der Waals surface area contributed by atoms with Crippen molar-refractivity contribution in [3.8, 4) is 0 Å². The molecule has 15 heavy (non-hydrogen) atoms. The smallest absolute Gasteiger partial charge is 0.0180 e. The lowest BCUT2D eigenvalue weighted by Crippen LogP contribution is -1.84. The average molecular weight is 214 g/mol. The number of hydrogen-bond acceptors (Lipinski definition) is 1. The molecule has 0 N–H and O–H groups in total. The van der Waals surface area contributed by atoms with Crippen molar-refractivity contribution in [1.82, 2.24) is 0 Å². The molecule has 0 saturated heterocycles. The monoisotopic (exact) mass is 214 g/mol. The zero-order valence-electron chi connectivity index (χ0n) is 9.03. The fourth-order valence-electron chi connectivity index (χ4n) is 1.57. The third-order valence-electron chi connectivity index (χ3n) is 2.37. The number of aryl methyl sites for hydroxylation is 2. The summed E-state index contributed by atoms with van der Waals surface area (Å²) in [5.41, 5.74) is 2.70. The van der Waals surface area contributed by atoms with Gasteiger partial charge in [0, 0.05) is 9.79 Å². The molecule has 0 aromatic heterocycles. The van der Waals surface area contributed by atoms with Gasteiger partial charge in [-0.3, -0.25) is 0 Å². The maximum Gasteiger partial charge on any atom is 0.0180 e. The first-order valence-electron chi connectivity index (χ1n) is 5.06. The third kappa shape index (κ3) is 2.42. The Labute approximate surface area is 95.3 Å². The van der Waals surface area contributed by atoms with Crippen LogP contribution in [0, 0.1) is 13.8 Å². The van der Waals surface area contributed by atoms with Crippen molar-refractivity contribution in [2.45, 2.75) is 23.6 Å². The lowest BCUT2D eigenvalue weighted by molar-refractivity contribution is 1.21. The Kier molecular flexibility index (Phi) is 3.12. The van der Waals surface area contributed by atoms with Crippen LogP contribution < -0.4 is 0 Å².